The molecule has 69 valence electrons. The van der Waals surface area contributed by atoms with Crippen LogP contribution in [0.15, 0.2) is 24.3 Å². The van der Waals surface area contributed by atoms with Crippen molar-refractivity contribution in [3.63, 3.8) is 0 Å². The van der Waals surface area contributed by atoms with Crippen LogP contribution in [0.3, 0.4) is 0 Å². The summed E-state index contributed by atoms with van der Waals surface area (Å²) >= 11 is 0. The molecule has 1 heterocycles. The second kappa shape index (κ2) is 3.82. The predicted octanol–water partition coefficient (Wildman–Crippen LogP) is 2.89. The largest absolute Gasteiger partial charge is 0.385 e. The third kappa shape index (κ3) is 1.85. The van der Waals surface area contributed by atoms with Gasteiger partial charge in [-0.05, 0) is 30.4 Å². The minimum atomic E-state index is 0.785. The highest BCUT2D eigenvalue weighted by atomic mass is 14.9. The van der Waals surface area contributed by atoms with E-state index < -0.39 is 0 Å². The van der Waals surface area contributed by atoms with E-state index in [1.54, 1.807) is 0 Å². The predicted molar refractivity (Wildman–Crippen MR) is 56.7 cm³/mol. The first kappa shape index (κ1) is 8.61. The van der Waals surface area contributed by atoms with Gasteiger partial charge in [0.15, 0.2) is 0 Å². The molecule has 1 aromatic carbocycles. The van der Waals surface area contributed by atoms with Gasteiger partial charge in [0.1, 0.15) is 0 Å². The number of benzene rings is 1. The molecule has 1 atom stereocenters. The first-order valence-corrected chi connectivity index (χ1v) is 5.01. The quantitative estimate of drug-likeness (QED) is 0.727. The maximum Gasteiger partial charge on any atom is 0.0372 e. The van der Waals surface area contributed by atoms with Crippen molar-refractivity contribution < 1.29 is 0 Å². The molecule has 0 fully saturated rings. The monoisotopic (exact) mass is 174 g/mol. The Morgan fingerprint density at radius 1 is 1.38 bits per heavy atom. The van der Waals surface area contributed by atoms with Crippen LogP contribution in [0.1, 0.15) is 18.4 Å². The van der Waals surface area contributed by atoms with Gasteiger partial charge in [-0.1, -0.05) is 31.5 Å². The molecule has 1 N–H and O–H groups in total. The van der Waals surface area contributed by atoms with E-state index in [0.29, 0.717) is 0 Å². The number of rotatable bonds is 2. The van der Waals surface area contributed by atoms with Crippen LogP contribution in [-0.2, 0) is 6.42 Å². The highest BCUT2D eigenvalue weighted by Crippen LogP contribution is 2.26. The molecule has 1 unspecified atom stereocenters. The van der Waals surface area contributed by atoms with Crippen LogP contribution in [-0.4, -0.2) is 6.54 Å². The van der Waals surface area contributed by atoms with Crippen LogP contribution >= 0.6 is 0 Å². The van der Waals surface area contributed by atoms with Gasteiger partial charge in [0.2, 0.25) is 0 Å². The SMILES string of the molecule is [CH2]CCC1CNc2ccccc2C1. The Labute approximate surface area is 80.2 Å². The zero-order valence-electron chi connectivity index (χ0n) is 7.92. The van der Waals surface area contributed by atoms with E-state index >= 15 is 0 Å². The summed E-state index contributed by atoms with van der Waals surface area (Å²) in [5.41, 5.74) is 2.79. The van der Waals surface area contributed by atoms with Crippen molar-refractivity contribution in [2.45, 2.75) is 19.3 Å². The van der Waals surface area contributed by atoms with E-state index in [0.717, 1.165) is 18.9 Å². The third-order valence-corrected chi connectivity index (χ3v) is 2.72. The first-order chi connectivity index (χ1) is 6.40. The Morgan fingerprint density at radius 2 is 2.23 bits per heavy atom. The molecule has 1 aliphatic rings. The maximum atomic E-state index is 3.91. The Bertz CT molecular complexity index is 280. The fourth-order valence-electron chi connectivity index (χ4n) is 2.00. The van der Waals surface area contributed by atoms with Gasteiger partial charge >= 0.3 is 0 Å². The average molecular weight is 174 g/mol. The minimum Gasteiger partial charge on any atom is -0.385 e. The number of hydrogen-bond acceptors (Lipinski definition) is 1. The summed E-state index contributed by atoms with van der Waals surface area (Å²) in [4.78, 5) is 0. The molecule has 0 aromatic heterocycles. The summed E-state index contributed by atoms with van der Waals surface area (Å²) in [6.07, 6.45) is 3.51. The second-order valence-corrected chi connectivity index (χ2v) is 3.75. The summed E-state index contributed by atoms with van der Waals surface area (Å²) in [5, 5.41) is 3.47. The lowest BCUT2D eigenvalue weighted by Gasteiger charge is -2.25. The number of anilines is 1. The Balaban J connectivity index is 2.11. The van der Waals surface area contributed by atoms with E-state index in [1.807, 2.05) is 0 Å². The molecular weight excluding hydrogens is 158 g/mol. The second-order valence-electron chi connectivity index (χ2n) is 3.75. The van der Waals surface area contributed by atoms with Crippen molar-refractivity contribution in [2.75, 3.05) is 11.9 Å². The molecule has 1 radical (unpaired) electrons. The average Bonchev–Trinajstić information content (AvgIpc) is 2.18. The molecule has 1 aliphatic heterocycles. The fraction of sp³-hybridized carbons (Fsp3) is 0.417. The molecule has 0 aliphatic carbocycles. The van der Waals surface area contributed by atoms with E-state index in [1.165, 1.54) is 24.1 Å². The van der Waals surface area contributed by atoms with Gasteiger partial charge in [0, 0.05) is 12.2 Å². The molecule has 0 bridgehead atoms. The standard InChI is InChI=1S/C12H16N/c1-2-5-10-8-11-6-3-4-7-12(11)13-9-10/h3-4,6-7,10,13H,1-2,5,8-9H2. The topological polar surface area (TPSA) is 12.0 Å². The molecule has 0 spiro atoms. The van der Waals surface area contributed by atoms with Gasteiger partial charge in [0.05, 0.1) is 0 Å². The summed E-state index contributed by atoms with van der Waals surface area (Å²) in [5.74, 6) is 0.785. The molecule has 2 rings (SSSR count). The van der Waals surface area contributed by atoms with Crippen molar-refractivity contribution in [3.8, 4) is 0 Å². The number of nitrogens with one attached hydrogen (secondary N) is 1. The highest BCUT2D eigenvalue weighted by Gasteiger charge is 2.16. The lowest BCUT2D eigenvalue weighted by atomic mass is 9.91. The van der Waals surface area contributed by atoms with E-state index in [9.17, 15) is 0 Å². The van der Waals surface area contributed by atoms with Gasteiger partial charge < -0.3 is 5.32 Å². The number of fused-ring (bicyclic) bond motifs is 1. The van der Waals surface area contributed by atoms with E-state index in [2.05, 4.69) is 36.5 Å². The fourth-order valence-corrected chi connectivity index (χ4v) is 2.00. The number of para-hydroxylation sites is 1. The smallest absolute Gasteiger partial charge is 0.0372 e. The van der Waals surface area contributed by atoms with Crippen LogP contribution in [0.25, 0.3) is 0 Å². The van der Waals surface area contributed by atoms with E-state index in [-0.39, 0.29) is 0 Å². The zero-order valence-corrected chi connectivity index (χ0v) is 7.92. The van der Waals surface area contributed by atoms with Gasteiger partial charge in [-0.3, -0.25) is 0 Å². The van der Waals surface area contributed by atoms with Gasteiger partial charge in [0.25, 0.3) is 0 Å². The van der Waals surface area contributed by atoms with Gasteiger partial charge in [-0.25, -0.2) is 0 Å². The first-order valence-electron chi connectivity index (χ1n) is 5.01. The molecular formula is C12H16N. The Morgan fingerprint density at radius 3 is 3.08 bits per heavy atom. The third-order valence-electron chi connectivity index (χ3n) is 2.72. The molecule has 13 heavy (non-hydrogen) atoms. The zero-order chi connectivity index (χ0) is 9.10. The summed E-state index contributed by atoms with van der Waals surface area (Å²) in [7, 11) is 0. The van der Waals surface area contributed by atoms with Gasteiger partial charge in [-0.2, -0.15) is 0 Å². The number of hydrogen-bond donors (Lipinski definition) is 1. The summed E-state index contributed by atoms with van der Waals surface area (Å²) in [6.45, 7) is 5.03. The van der Waals surface area contributed by atoms with Crippen LogP contribution in [0.2, 0.25) is 0 Å². The lowest BCUT2D eigenvalue weighted by molar-refractivity contribution is 0.500. The van der Waals surface area contributed by atoms with Crippen LogP contribution < -0.4 is 5.32 Å². The maximum absolute atomic E-state index is 3.91. The van der Waals surface area contributed by atoms with Crippen LogP contribution in [0, 0.1) is 12.8 Å². The summed E-state index contributed by atoms with van der Waals surface area (Å²) in [6, 6.07) is 8.59. The molecule has 1 nitrogen and oxygen atoms in total. The van der Waals surface area contributed by atoms with E-state index in [4.69, 9.17) is 0 Å². The highest BCUT2D eigenvalue weighted by molar-refractivity contribution is 5.53. The Hall–Kier alpha value is -0.980. The Kier molecular flexibility index (Phi) is 2.53. The van der Waals surface area contributed by atoms with Crippen LogP contribution in [0.5, 0.6) is 0 Å². The van der Waals surface area contributed by atoms with Crippen LogP contribution in [0.4, 0.5) is 5.69 Å². The van der Waals surface area contributed by atoms with Crippen molar-refractivity contribution in [1.82, 2.24) is 0 Å². The van der Waals surface area contributed by atoms with Crippen molar-refractivity contribution in [3.05, 3.63) is 36.8 Å². The summed E-state index contributed by atoms with van der Waals surface area (Å²) < 4.78 is 0. The molecule has 0 saturated carbocycles. The van der Waals surface area contributed by atoms with Crippen molar-refractivity contribution >= 4 is 5.69 Å². The molecule has 1 aromatic rings. The van der Waals surface area contributed by atoms with Crippen molar-refractivity contribution in [1.29, 1.82) is 0 Å². The lowest BCUT2D eigenvalue weighted by Crippen LogP contribution is -2.22. The minimum absolute atomic E-state index is 0.785. The molecule has 1 heteroatoms. The molecule has 0 amide bonds. The van der Waals surface area contributed by atoms with Gasteiger partial charge in [-0.15, -0.1) is 0 Å². The van der Waals surface area contributed by atoms with Crippen molar-refractivity contribution in [2.24, 2.45) is 5.92 Å². The molecule has 0 saturated heterocycles. The normalized spacial score (nSPS) is 20.5.